The summed E-state index contributed by atoms with van der Waals surface area (Å²) >= 11 is 4.87. The van der Waals surface area contributed by atoms with Crippen LogP contribution in [0.3, 0.4) is 0 Å². The highest BCUT2D eigenvalue weighted by atomic mass is 32.1. The van der Waals surface area contributed by atoms with Gasteiger partial charge in [-0.2, -0.15) is 0 Å². The number of nitrogens with one attached hydrogen (secondary N) is 1. The Morgan fingerprint density at radius 2 is 1.87 bits per heavy atom. The van der Waals surface area contributed by atoms with E-state index < -0.39 is 0 Å². The average Bonchev–Trinajstić information content (AvgIpc) is 2.18. The topological polar surface area (TPSA) is 55.1 Å². The Balaban J connectivity index is 4.52. The summed E-state index contributed by atoms with van der Waals surface area (Å²) in [5.41, 5.74) is 5.38. The first-order valence-corrected chi connectivity index (χ1v) is 5.92. The lowest BCUT2D eigenvalue weighted by molar-refractivity contribution is -0.124. The maximum Gasteiger partial charge on any atom is 0.230 e. The van der Waals surface area contributed by atoms with Gasteiger partial charge >= 0.3 is 0 Å². The molecule has 0 fully saturated rings. The van der Waals surface area contributed by atoms with Crippen molar-refractivity contribution in [2.75, 3.05) is 0 Å². The van der Waals surface area contributed by atoms with Gasteiger partial charge in [-0.15, -0.1) is 0 Å². The molecule has 3 N–H and O–H groups in total. The van der Waals surface area contributed by atoms with Gasteiger partial charge in [-0.1, -0.05) is 33.0 Å². The van der Waals surface area contributed by atoms with Gasteiger partial charge in [0.2, 0.25) is 5.91 Å². The highest BCUT2D eigenvalue weighted by Crippen LogP contribution is 2.15. The van der Waals surface area contributed by atoms with Crippen LogP contribution in [0.5, 0.6) is 0 Å². The molecule has 0 aliphatic carbocycles. The minimum Gasteiger partial charge on any atom is -0.393 e. The molecule has 0 saturated heterocycles. The second-order valence-electron chi connectivity index (χ2n) is 4.12. The number of hydrogen-bond acceptors (Lipinski definition) is 2. The Kier molecular flexibility index (Phi) is 5.80. The van der Waals surface area contributed by atoms with E-state index in [0.29, 0.717) is 6.42 Å². The first kappa shape index (κ1) is 14.4. The summed E-state index contributed by atoms with van der Waals surface area (Å²) in [6, 6.07) is 0. The third-order valence-electron chi connectivity index (χ3n) is 3.05. The molecule has 0 aromatic heterocycles. The molecule has 0 aromatic carbocycles. The second kappa shape index (κ2) is 6.05. The molecule has 4 heteroatoms. The van der Waals surface area contributed by atoms with Crippen LogP contribution >= 0.6 is 12.2 Å². The molecule has 1 amide bonds. The fourth-order valence-electron chi connectivity index (χ4n) is 1.33. The number of rotatable bonds is 6. The van der Waals surface area contributed by atoms with E-state index >= 15 is 0 Å². The normalized spacial score (nSPS) is 13.3. The Labute approximate surface area is 97.8 Å². The van der Waals surface area contributed by atoms with Gasteiger partial charge < -0.3 is 11.1 Å². The number of nitrogens with two attached hydrogens (primary N) is 1. The lowest BCUT2D eigenvalue weighted by atomic mass is 9.94. The van der Waals surface area contributed by atoms with Crippen molar-refractivity contribution in [3.8, 4) is 0 Å². The Morgan fingerprint density at radius 3 is 2.13 bits per heavy atom. The average molecular weight is 230 g/mol. The zero-order chi connectivity index (χ0) is 12.1. The first-order chi connectivity index (χ1) is 6.90. The van der Waals surface area contributed by atoms with Crippen molar-refractivity contribution >= 4 is 23.1 Å². The van der Waals surface area contributed by atoms with Gasteiger partial charge in [0.15, 0.2) is 0 Å². The fraction of sp³-hybridized carbons (Fsp3) is 0.818. The molecule has 0 aliphatic heterocycles. The zero-order valence-electron chi connectivity index (χ0n) is 10.1. The zero-order valence-corrected chi connectivity index (χ0v) is 10.9. The van der Waals surface area contributed by atoms with Crippen molar-refractivity contribution in [1.82, 2.24) is 5.32 Å². The highest BCUT2D eigenvalue weighted by Gasteiger charge is 2.27. The molecule has 0 saturated carbocycles. The maximum atomic E-state index is 11.9. The van der Waals surface area contributed by atoms with Crippen molar-refractivity contribution in [2.45, 2.75) is 52.5 Å². The van der Waals surface area contributed by atoms with Crippen LogP contribution in [0.15, 0.2) is 0 Å². The van der Waals surface area contributed by atoms with Crippen LogP contribution in [0.2, 0.25) is 0 Å². The standard InChI is InChI=1S/C11H22N2OS/c1-5-8(9(12)15)10(14)13-11(4,6-2)7-3/h8H,5-7H2,1-4H3,(H2,12,15)(H,13,14). The Bertz CT molecular complexity index is 237. The van der Waals surface area contributed by atoms with E-state index in [0.717, 1.165) is 12.8 Å². The minimum absolute atomic E-state index is 0.0452. The largest absolute Gasteiger partial charge is 0.393 e. The van der Waals surface area contributed by atoms with Crippen LogP contribution in [0.25, 0.3) is 0 Å². The van der Waals surface area contributed by atoms with Crippen LogP contribution < -0.4 is 11.1 Å². The molecule has 88 valence electrons. The summed E-state index contributed by atoms with van der Waals surface area (Å²) in [4.78, 5) is 12.2. The molecule has 1 atom stereocenters. The second-order valence-corrected chi connectivity index (χ2v) is 4.59. The highest BCUT2D eigenvalue weighted by molar-refractivity contribution is 7.80. The van der Waals surface area contributed by atoms with Gasteiger partial charge in [-0.25, -0.2) is 0 Å². The molecular formula is C11H22N2OS. The lowest BCUT2D eigenvalue weighted by Crippen LogP contribution is -2.49. The SMILES string of the molecule is CCC(C(=O)NC(C)(CC)CC)C(N)=S. The molecule has 0 bridgehead atoms. The van der Waals surface area contributed by atoms with E-state index in [1.807, 2.05) is 13.8 Å². The van der Waals surface area contributed by atoms with E-state index in [1.165, 1.54) is 0 Å². The number of amides is 1. The molecule has 0 radical (unpaired) electrons. The Hall–Kier alpha value is -0.640. The summed E-state index contributed by atoms with van der Waals surface area (Å²) in [5, 5.41) is 3.02. The van der Waals surface area contributed by atoms with Gasteiger partial charge in [-0.05, 0) is 26.2 Å². The molecule has 0 rings (SSSR count). The lowest BCUT2D eigenvalue weighted by Gasteiger charge is -2.30. The third kappa shape index (κ3) is 4.16. The molecule has 15 heavy (non-hydrogen) atoms. The third-order valence-corrected chi connectivity index (χ3v) is 3.34. The van der Waals surface area contributed by atoms with E-state index in [-0.39, 0.29) is 22.4 Å². The Morgan fingerprint density at radius 1 is 1.40 bits per heavy atom. The van der Waals surface area contributed by atoms with Gasteiger partial charge in [-0.3, -0.25) is 4.79 Å². The van der Waals surface area contributed by atoms with Crippen molar-refractivity contribution in [2.24, 2.45) is 11.7 Å². The molecule has 0 aromatic rings. The predicted octanol–water partition coefficient (Wildman–Crippen LogP) is 1.99. The smallest absolute Gasteiger partial charge is 0.230 e. The number of carbonyl (C=O) groups excluding carboxylic acids is 1. The number of hydrogen-bond donors (Lipinski definition) is 2. The molecular weight excluding hydrogens is 208 g/mol. The van der Waals surface area contributed by atoms with Crippen molar-refractivity contribution in [3.05, 3.63) is 0 Å². The van der Waals surface area contributed by atoms with Crippen LogP contribution in [0.4, 0.5) is 0 Å². The predicted molar refractivity (Wildman–Crippen MR) is 67.7 cm³/mol. The monoisotopic (exact) mass is 230 g/mol. The van der Waals surface area contributed by atoms with E-state index in [1.54, 1.807) is 0 Å². The number of carbonyl (C=O) groups is 1. The van der Waals surface area contributed by atoms with E-state index in [9.17, 15) is 4.79 Å². The van der Waals surface area contributed by atoms with E-state index in [2.05, 4.69) is 19.2 Å². The molecule has 0 spiro atoms. The molecule has 1 unspecified atom stereocenters. The van der Waals surface area contributed by atoms with Crippen LogP contribution in [0, 0.1) is 5.92 Å². The summed E-state index contributed by atoms with van der Waals surface area (Å²) < 4.78 is 0. The van der Waals surface area contributed by atoms with Crippen LogP contribution in [-0.4, -0.2) is 16.4 Å². The first-order valence-electron chi connectivity index (χ1n) is 5.51. The van der Waals surface area contributed by atoms with E-state index in [4.69, 9.17) is 18.0 Å². The van der Waals surface area contributed by atoms with Crippen LogP contribution in [0.1, 0.15) is 47.0 Å². The molecule has 0 aliphatic rings. The van der Waals surface area contributed by atoms with Crippen molar-refractivity contribution < 1.29 is 4.79 Å². The van der Waals surface area contributed by atoms with Gasteiger partial charge in [0, 0.05) is 5.54 Å². The van der Waals surface area contributed by atoms with Crippen molar-refractivity contribution in [1.29, 1.82) is 0 Å². The maximum absolute atomic E-state index is 11.9. The summed E-state index contributed by atoms with van der Waals surface area (Å²) in [7, 11) is 0. The molecule has 3 nitrogen and oxygen atoms in total. The van der Waals surface area contributed by atoms with Gasteiger partial charge in [0.25, 0.3) is 0 Å². The number of thiocarbonyl (C=S) groups is 1. The van der Waals surface area contributed by atoms with Gasteiger partial charge in [0.1, 0.15) is 0 Å². The summed E-state index contributed by atoms with van der Waals surface area (Å²) in [6.45, 7) is 8.08. The summed E-state index contributed by atoms with van der Waals surface area (Å²) in [6.07, 6.45) is 2.47. The van der Waals surface area contributed by atoms with Crippen LogP contribution in [-0.2, 0) is 4.79 Å². The fourth-order valence-corrected chi connectivity index (χ4v) is 1.60. The van der Waals surface area contributed by atoms with Gasteiger partial charge in [0.05, 0.1) is 10.9 Å². The van der Waals surface area contributed by atoms with Crippen molar-refractivity contribution in [3.63, 3.8) is 0 Å². The quantitative estimate of drug-likeness (QED) is 0.686. The minimum atomic E-state index is -0.336. The molecule has 0 heterocycles. The summed E-state index contributed by atoms with van der Waals surface area (Å²) in [5.74, 6) is -0.381.